The van der Waals surface area contributed by atoms with E-state index in [9.17, 15) is 0 Å². The topological polar surface area (TPSA) is 0 Å². The van der Waals surface area contributed by atoms with E-state index in [4.69, 9.17) is 0 Å². The fourth-order valence-electron chi connectivity index (χ4n) is 11.1. The number of thioether (sulfide) groups is 1. The van der Waals surface area contributed by atoms with Crippen LogP contribution in [0.2, 0.25) is 0 Å². The highest BCUT2D eigenvalue weighted by molar-refractivity contribution is 7.99. The van der Waals surface area contributed by atoms with Gasteiger partial charge in [0, 0.05) is 5.75 Å². The number of hydrogen-bond donors (Lipinski definition) is 0. The van der Waals surface area contributed by atoms with Crippen LogP contribution in [0.15, 0.2) is 30.0 Å². The molecule has 4 fully saturated rings. The molecule has 4 rings (SSSR count). The molecule has 4 aliphatic carbocycles. The maximum absolute atomic E-state index is 4.17. The number of rotatable bonds is 15. The van der Waals surface area contributed by atoms with Gasteiger partial charge in [-0.1, -0.05) is 100.0 Å². The third-order valence-electron chi connectivity index (χ3n) is 13.4. The van der Waals surface area contributed by atoms with E-state index in [0.717, 1.165) is 29.6 Å². The van der Waals surface area contributed by atoms with Gasteiger partial charge in [-0.25, -0.2) is 0 Å². The second-order valence-corrected chi connectivity index (χ2v) is 16.3. The lowest BCUT2D eigenvalue weighted by Gasteiger charge is -2.72. The second-order valence-electron chi connectivity index (χ2n) is 15.1. The van der Waals surface area contributed by atoms with Crippen LogP contribution < -0.4 is 0 Å². The van der Waals surface area contributed by atoms with Gasteiger partial charge >= 0.3 is 0 Å². The molecule has 7 unspecified atom stereocenters. The third kappa shape index (κ3) is 6.28. The van der Waals surface area contributed by atoms with Crippen LogP contribution in [0.4, 0.5) is 0 Å². The molecule has 0 heterocycles. The van der Waals surface area contributed by atoms with Gasteiger partial charge in [0.25, 0.3) is 0 Å². The minimum atomic E-state index is 0.337. The summed E-state index contributed by atoms with van der Waals surface area (Å²) in [7, 11) is 0. The fourth-order valence-corrected chi connectivity index (χ4v) is 12.3. The molecule has 2 bridgehead atoms. The van der Waals surface area contributed by atoms with Gasteiger partial charge in [0.05, 0.1) is 0 Å². The first-order valence-corrected chi connectivity index (χ1v) is 18.9. The van der Waals surface area contributed by atoms with Gasteiger partial charge in [0.15, 0.2) is 0 Å². The Morgan fingerprint density at radius 2 is 1.80 bits per heavy atom. The van der Waals surface area contributed by atoms with Crippen LogP contribution in [0.1, 0.15) is 146 Å². The van der Waals surface area contributed by atoms with Crippen molar-refractivity contribution in [1.82, 2.24) is 0 Å². The summed E-state index contributed by atoms with van der Waals surface area (Å²) in [5.41, 5.74) is 6.78. The van der Waals surface area contributed by atoms with E-state index < -0.39 is 0 Å². The van der Waals surface area contributed by atoms with Crippen molar-refractivity contribution in [3.63, 3.8) is 0 Å². The molecule has 230 valence electrons. The average Bonchev–Trinajstić information content (AvgIpc) is 2.97. The fraction of sp³-hybridized carbons (Fsp3) is 0.872. The molecule has 0 amide bonds. The standard InChI is InChI=1S/C39H68S/c1-11-16-22-34-33(14-4)35-25-27-38(34,10)36(29(6)23-24-32-20-18-17-19-21-32)39(35,28-40-15-5)31(8)37(9,26-12-2)30(7)13-3/h11,24,30-36H,1,12-22,25-28H2,2-10H3/t23?,30?,31?,33?,34-,35?,36?,37?,38+,39?/m1/s1. The Bertz CT molecular complexity index is 858. The summed E-state index contributed by atoms with van der Waals surface area (Å²) in [5, 5.41) is 0. The van der Waals surface area contributed by atoms with Gasteiger partial charge in [0.1, 0.15) is 0 Å². The predicted molar refractivity (Wildman–Crippen MR) is 182 cm³/mol. The van der Waals surface area contributed by atoms with E-state index in [2.05, 4.69) is 98.5 Å². The number of allylic oxidation sites excluding steroid dienone is 2. The predicted octanol–water partition coefficient (Wildman–Crippen LogP) is 12.6. The van der Waals surface area contributed by atoms with Crippen molar-refractivity contribution in [3.05, 3.63) is 30.0 Å². The van der Waals surface area contributed by atoms with Crippen molar-refractivity contribution < 1.29 is 0 Å². The molecule has 0 aromatic heterocycles. The zero-order valence-corrected chi connectivity index (χ0v) is 29.2. The summed E-state index contributed by atoms with van der Waals surface area (Å²) >= 11 is 2.27. The molecule has 0 aliphatic heterocycles. The van der Waals surface area contributed by atoms with Gasteiger partial charge in [-0.15, -0.1) is 12.3 Å². The van der Waals surface area contributed by atoms with Crippen molar-refractivity contribution in [1.29, 1.82) is 0 Å². The summed E-state index contributed by atoms with van der Waals surface area (Å²) in [6.07, 6.45) is 22.4. The highest BCUT2D eigenvalue weighted by atomic mass is 32.2. The van der Waals surface area contributed by atoms with Crippen LogP contribution in [0.3, 0.4) is 0 Å². The van der Waals surface area contributed by atoms with E-state index in [0.29, 0.717) is 28.1 Å². The van der Waals surface area contributed by atoms with E-state index in [1.165, 1.54) is 95.0 Å². The maximum Gasteiger partial charge on any atom is 0.0000795 e. The molecular formula is C39H68S. The average molecular weight is 569 g/mol. The zero-order chi connectivity index (χ0) is 29.6. The molecular weight excluding hydrogens is 500 g/mol. The molecule has 0 radical (unpaired) electrons. The molecule has 4 aliphatic rings. The second kappa shape index (κ2) is 14.9. The highest BCUT2D eigenvalue weighted by Gasteiger charge is 2.69. The highest BCUT2D eigenvalue weighted by Crippen LogP contribution is 2.74. The quantitative estimate of drug-likeness (QED) is 0.140. The molecule has 0 spiro atoms. The maximum atomic E-state index is 4.17. The van der Waals surface area contributed by atoms with Crippen molar-refractivity contribution in [2.45, 2.75) is 146 Å². The van der Waals surface area contributed by atoms with Crippen molar-refractivity contribution in [3.8, 4) is 0 Å². The van der Waals surface area contributed by atoms with E-state index >= 15 is 0 Å². The Labute approximate surface area is 256 Å². The Kier molecular flexibility index (Phi) is 12.7. The summed E-state index contributed by atoms with van der Waals surface area (Å²) < 4.78 is 0. The van der Waals surface area contributed by atoms with Crippen molar-refractivity contribution in [2.24, 2.45) is 57.7 Å². The van der Waals surface area contributed by atoms with Crippen LogP contribution in [0, 0.1) is 57.7 Å². The Morgan fingerprint density at radius 1 is 1.10 bits per heavy atom. The Balaban J connectivity index is 2.29. The summed E-state index contributed by atoms with van der Waals surface area (Å²) in [6, 6.07) is 0. The van der Waals surface area contributed by atoms with Crippen LogP contribution in [-0.4, -0.2) is 11.5 Å². The van der Waals surface area contributed by atoms with Crippen molar-refractivity contribution in [2.75, 3.05) is 11.5 Å². The number of fused-ring (bicyclic) bond motifs is 3. The zero-order valence-electron chi connectivity index (χ0n) is 28.4. The summed E-state index contributed by atoms with van der Waals surface area (Å²) in [5.74, 6) is 7.85. The minimum Gasteiger partial charge on any atom is -0.162 e. The normalized spacial score (nSPS) is 35.4. The monoisotopic (exact) mass is 569 g/mol. The molecule has 1 heteroatoms. The largest absolute Gasteiger partial charge is 0.162 e. The van der Waals surface area contributed by atoms with Gasteiger partial charge in [-0.05, 0) is 127 Å². The van der Waals surface area contributed by atoms with E-state index in [1.807, 2.05) is 0 Å². The molecule has 0 aromatic rings. The summed E-state index contributed by atoms with van der Waals surface area (Å²) in [4.78, 5) is 0. The van der Waals surface area contributed by atoms with Crippen molar-refractivity contribution >= 4 is 11.8 Å². The SMILES string of the molecule is C=CCC[C@@H]1C(CC)C2CC[C@]1(C)C(C(C)=C=CC1CCCCC1)C2(CSCC)C(C)C(C)(CCC)C(C)CC. The summed E-state index contributed by atoms with van der Waals surface area (Å²) in [6.45, 7) is 27.3. The molecule has 4 saturated carbocycles. The van der Waals surface area contributed by atoms with Gasteiger partial charge in [-0.2, -0.15) is 11.8 Å². The van der Waals surface area contributed by atoms with E-state index in [1.54, 1.807) is 5.57 Å². The first-order chi connectivity index (χ1) is 19.1. The lowest BCUT2D eigenvalue weighted by molar-refractivity contribution is -0.213. The third-order valence-corrected chi connectivity index (χ3v) is 14.5. The molecule has 9 atom stereocenters. The molecule has 0 N–H and O–H groups in total. The first kappa shape index (κ1) is 34.1. The van der Waals surface area contributed by atoms with Gasteiger partial charge in [-0.3, -0.25) is 0 Å². The Hall–Kier alpha value is -0.390. The molecule has 0 saturated heterocycles. The van der Waals surface area contributed by atoms with Crippen LogP contribution in [-0.2, 0) is 0 Å². The lowest BCUT2D eigenvalue weighted by Crippen LogP contribution is -2.67. The molecule has 0 nitrogen and oxygen atoms in total. The molecule has 40 heavy (non-hydrogen) atoms. The van der Waals surface area contributed by atoms with Gasteiger partial charge < -0.3 is 0 Å². The van der Waals surface area contributed by atoms with Gasteiger partial charge in [0.2, 0.25) is 0 Å². The molecule has 0 aromatic carbocycles. The van der Waals surface area contributed by atoms with Crippen LogP contribution in [0.25, 0.3) is 0 Å². The van der Waals surface area contributed by atoms with Crippen LogP contribution in [0.5, 0.6) is 0 Å². The first-order valence-electron chi connectivity index (χ1n) is 17.7. The van der Waals surface area contributed by atoms with Crippen LogP contribution >= 0.6 is 11.8 Å². The van der Waals surface area contributed by atoms with E-state index in [-0.39, 0.29) is 0 Å². The smallest absolute Gasteiger partial charge is 0.0000795 e. The Morgan fingerprint density at radius 3 is 2.38 bits per heavy atom. The number of hydrogen-bond acceptors (Lipinski definition) is 1. The lowest BCUT2D eigenvalue weighted by atomic mass is 9.33. The minimum absolute atomic E-state index is 0.337.